The van der Waals surface area contributed by atoms with Crippen molar-refractivity contribution in [1.82, 2.24) is 4.90 Å². The lowest BCUT2D eigenvalue weighted by Gasteiger charge is -2.30. The van der Waals surface area contributed by atoms with Crippen LogP contribution in [0, 0.1) is 0 Å². The summed E-state index contributed by atoms with van der Waals surface area (Å²) in [6.07, 6.45) is 2.21. The molecule has 0 N–H and O–H groups in total. The molecule has 5 nitrogen and oxygen atoms in total. The highest BCUT2D eigenvalue weighted by Crippen LogP contribution is 2.34. The Bertz CT molecular complexity index is 585. The smallest absolute Gasteiger partial charge is 0.175 e. The van der Waals surface area contributed by atoms with Crippen LogP contribution in [0.5, 0.6) is 11.5 Å². The lowest BCUT2D eigenvalue weighted by Crippen LogP contribution is -2.41. The molecule has 1 aromatic carbocycles. The van der Waals surface area contributed by atoms with Gasteiger partial charge in [0.05, 0.1) is 4.90 Å². The first-order chi connectivity index (χ1) is 9.94. The Labute approximate surface area is 126 Å². The standard InChI is InChI=1S/C15H23NO4S/c1-4-8-16(5-2)10-12-11-19-14-7-6-13(21(3,17)18)9-15(14)20-12/h6-7,9,12H,4-5,8,10-11H2,1-3H3. The van der Waals surface area contributed by atoms with Crippen LogP contribution in [0.25, 0.3) is 0 Å². The molecule has 0 saturated carbocycles. The fourth-order valence-corrected chi connectivity index (χ4v) is 3.04. The summed E-state index contributed by atoms with van der Waals surface area (Å²) in [5.41, 5.74) is 0. The first-order valence-corrected chi connectivity index (χ1v) is 9.19. The maximum atomic E-state index is 11.6. The molecule has 0 spiro atoms. The molecule has 0 amide bonds. The molecule has 0 fully saturated rings. The van der Waals surface area contributed by atoms with E-state index in [4.69, 9.17) is 9.47 Å². The molecule has 21 heavy (non-hydrogen) atoms. The van der Waals surface area contributed by atoms with Crippen LogP contribution >= 0.6 is 0 Å². The molecule has 1 atom stereocenters. The zero-order valence-electron chi connectivity index (χ0n) is 12.8. The third kappa shape index (κ3) is 4.11. The van der Waals surface area contributed by atoms with Gasteiger partial charge in [0.1, 0.15) is 12.7 Å². The van der Waals surface area contributed by atoms with E-state index in [1.807, 2.05) is 0 Å². The van der Waals surface area contributed by atoms with Gasteiger partial charge in [-0.25, -0.2) is 8.42 Å². The van der Waals surface area contributed by atoms with Gasteiger partial charge in [0.2, 0.25) is 0 Å². The van der Waals surface area contributed by atoms with E-state index >= 15 is 0 Å². The number of rotatable bonds is 6. The third-order valence-electron chi connectivity index (χ3n) is 3.51. The van der Waals surface area contributed by atoms with Gasteiger partial charge >= 0.3 is 0 Å². The highest BCUT2D eigenvalue weighted by molar-refractivity contribution is 7.90. The number of benzene rings is 1. The number of likely N-dealkylation sites (N-methyl/N-ethyl adjacent to an activating group) is 1. The van der Waals surface area contributed by atoms with Crippen molar-refractivity contribution in [2.75, 3.05) is 32.5 Å². The summed E-state index contributed by atoms with van der Waals surface area (Å²) in [6, 6.07) is 4.76. The van der Waals surface area contributed by atoms with E-state index in [2.05, 4.69) is 18.7 Å². The van der Waals surface area contributed by atoms with Gasteiger partial charge in [-0.1, -0.05) is 13.8 Å². The Morgan fingerprint density at radius 3 is 2.67 bits per heavy atom. The first kappa shape index (κ1) is 16.1. The Kier molecular flexibility index (Phi) is 5.11. The molecule has 0 bridgehead atoms. The predicted octanol–water partition coefficient (Wildman–Crippen LogP) is 1.96. The van der Waals surface area contributed by atoms with Crippen LogP contribution in [-0.2, 0) is 9.84 Å². The van der Waals surface area contributed by atoms with Crippen molar-refractivity contribution in [2.24, 2.45) is 0 Å². The van der Waals surface area contributed by atoms with E-state index in [0.29, 0.717) is 18.1 Å². The highest BCUT2D eigenvalue weighted by Gasteiger charge is 2.24. The highest BCUT2D eigenvalue weighted by atomic mass is 32.2. The topological polar surface area (TPSA) is 55.8 Å². The second-order valence-corrected chi connectivity index (χ2v) is 7.34. The van der Waals surface area contributed by atoms with E-state index < -0.39 is 9.84 Å². The average Bonchev–Trinajstić information content (AvgIpc) is 2.45. The minimum atomic E-state index is -3.24. The van der Waals surface area contributed by atoms with Crippen molar-refractivity contribution < 1.29 is 17.9 Å². The Hall–Kier alpha value is -1.27. The summed E-state index contributed by atoms with van der Waals surface area (Å²) in [5.74, 6) is 1.12. The molecule has 6 heteroatoms. The molecule has 1 aliphatic rings. The number of hydrogen-bond acceptors (Lipinski definition) is 5. The molecular formula is C15H23NO4S. The van der Waals surface area contributed by atoms with Gasteiger partial charge in [0.15, 0.2) is 21.3 Å². The monoisotopic (exact) mass is 313 g/mol. The van der Waals surface area contributed by atoms with E-state index in [1.54, 1.807) is 18.2 Å². The van der Waals surface area contributed by atoms with Crippen LogP contribution in [0.3, 0.4) is 0 Å². The van der Waals surface area contributed by atoms with E-state index in [1.165, 1.54) is 6.26 Å². The van der Waals surface area contributed by atoms with Crippen LogP contribution in [0.15, 0.2) is 23.1 Å². The Morgan fingerprint density at radius 1 is 1.29 bits per heavy atom. The van der Waals surface area contributed by atoms with Crippen molar-refractivity contribution in [1.29, 1.82) is 0 Å². The van der Waals surface area contributed by atoms with Gasteiger partial charge in [-0.15, -0.1) is 0 Å². The Morgan fingerprint density at radius 2 is 2.05 bits per heavy atom. The van der Waals surface area contributed by atoms with Crippen LogP contribution in [-0.4, -0.2) is 51.9 Å². The van der Waals surface area contributed by atoms with Crippen molar-refractivity contribution >= 4 is 9.84 Å². The summed E-state index contributed by atoms with van der Waals surface area (Å²) >= 11 is 0. The summed E-state index contributed by atoms with van der Waals surface area (Å²) in [7, 11) is -3.24. The predicted molar refractivity (Wildman–Crippen MR) is 81.9 cm³/mol. The molecule has 1 aliphatic heterocycles. The minimum absolute atomic E-state index is 0.0705. The van der Waals surface area contributed by atoms with E-state index in [9.17, 15) is 8.42 Å². The van der Waals surface area contributed by atoms with Crippen LogP contribution < -0.4 is 9.47 Å². The van der Waals surface area contributed by atoms with Crippen molar-refractivity contribution in [2.45, 2.75) is 31.3 Å². The summed E-state index contributed by atoms with van der Waals surface area (Å²) < 4.78 is 34.8. The van der Waals surface area contributed by atoms with Crippen molar-refractivity contribution in [3.05, 3.63) is 18.2 Å². The van der Waals surface area contributed by atoms with E-state index in [-0.39, 0.29) is 11.0 Å². The van der Waals surface area contributed by atoms with Crippen LogP contribution in [0.4, 0.5) is 0 Å². The summed E-state index contributed by atoms with van der Waals surface area (Å²) in [4.78, 5) is 2.56. The van der Waals surface area contributed by atoms with Gasteiger partial charge in [-0.3, -0.25) is 4.90 Å². The number of ether oxygens (including phenoxy) is 2. The maximum absolute atomic E-state index is 11.6. The fraction of sp³-hybridized carbons (Fsp3) is 0.600. The van der Waals surface area contributed by atoms with Gasteiger partial charge in [-0.2, -0.15) is 0 Å². The fourth-order valence-electron chi connectivity index (χ4n) is 2.40. The molecule has 1 heterocycles. The zero-order valence-corrected chi connectivity index (χ0v) is 13.6. The van der Waals surface area contributed by atoms with Gasteiger partial charge in [0, 0.05) is 18.9 Å². The van der Waals surface area contributed by atoms with Crippen LogP contribution in [0.2, 0.25) is 0 Å². The SMILES string of the molecule is CCCN(CC)CC1COc2ccc(S(C)(=O)=O)cc2O1. The molecule has 0 aromatic heterocycles. The maximum Gasteiger partial charge on any atom is 0.175 e. The van der Waals surface area contributed by atoms with Gasteiger partial charge in [-0.05, 0) is 31.6 Å². The van der Waals surface area contributed by atoms with E-state index in [0.717, 1.165) is 26.1 Å². The second kappa shape index (κ2) is 6.66. The molecule has 0 aliphatic carbocycles. The lowest BCUT2D eigenvalue weighted by atomic mass is 10.2. The van der Waals surface area contributed by atoms with Gasteiger partial charge in [0.25, 0.3) is 0 Å². The van der Waals surface area contributed by atoms with Gasteiger partial charge < -0.3 is 9.47 Å². The molecule has 118 valence electrons. The minimum Gasteiger partial charge on any atom is -0.486 e. The number of nitrogens with zero attached hydrogens (tertiary/aromatic N) is 1. The zero-order chi connectivity index (χ0) is 15.5. The van der Waals surface area contributed by atoms with Crippen molar-refractivity contribution in [3.8, 4) is 11.5 Å². The quantitative estimate of drug-likeness (QED) is 0.803. The molecule has 0 saturated heterocycles. The Balaban J connectivity index is 2.11. The lowest BCUT2D eigenvalue weighted by molar-refractivity contribution is 0.0598. The normalized spacial score (nSPS) is 18.0. The molecule has 0 radical (unpaired) electrons. The molecule has 1 aromatic rings. The number of fused-ring (bicyclic) bond motifs is 1. The second-order valence-electron chi connectivity index (χ2n) is 5.32. The van der Waals surface area contributed by atoms with Crippen LogP contribution in [0.1, 0.15) is 20.3 Å². The summed E-state index contributed by atoms with van der Waals surface area (Å²) in [5, 5.41) is 0. The third-order valence-corrected chi connectivity index (χ3v) is 4.62. The number of sulfone groups is 1. The molecule has 2 rings (SSSR count). The largest absolute Gasteiger partial charge is 0.486 e. The average molecular weight is 313 g/mol. The molecular weight excluding hydrogens is 290 g/mol. The first-order valence-electron chi connectivity index (χ1n) is 7.30. The molecule has 1 unspecified atom stereocenters. The number of hydrogen-bond donors (Lipinski definition) is 0. The van der Waals surface area contributed by atoms with Crippen molar-refractivity contribution in [3.63, 3.8) is 0 Å². The summed E-state index contributed by atoms with van der Waals surface area (Å²) in [6.45, 7) is 7.53.